The molecule has 5 heteroatoms. The number of hydrogen-bond acceptors (Lipinski definition) is 3. The van der Waals surface area contributed by atoms with Crippen LogP contribution in [0.5, 0.6) is 0 Å². The smallest absolute Gasteiger partial charge is 0.214 e. The molecule has 1 fully saturated rings. The van der Waals surface area contributed by atoms with Gasteiger partial charge in [0.1, 0.15) is 0 Å². The molecule has 1 aliphatic rings. The minimum Gasteiger partial charge on any atom is -0.391 e. The standard InChI is InChI=1S/C10H21NO3S/c1-8(2)7-15(13,14)11-6-5-9(12)10(11,3)4/h8-9,12H,5-7H2,1-4H3. The van der Waals surface area contributed by atoms with E-state index in [0.717, 1.165) is 0 Å². The normalized spacial score (nSPS) is 27.5. The topological polar surface area (TPSA) is 57.6 Å². The molecule has 0 aliphatic carbocycles. The van der Waals surface area contributed by atoms with E-state index in [1.807, 2.05) is 13.8 Å². The highest BCUT2D eigenvalue weighted by molar-refractivity contribution is 7.89. The predicted octanol–water partition coefficient (Wildman–Crippen LogP) is 0.817. The van der Waals surface area contributed by atoms with E-state index >= 15 is 0 Å². The minimum atomic E-state index is -3.23. The number of hydrogen-bond donors (Lipinski definition) is 1. The fourth-order valence-electron chi connectivity index (χ4n) is 2.06. The molecule has 4 nitrogen and oxygen atoms in total. The maximum absolute atomic E-state index is 12.0. The van der Waals surface area contributed by atoms with Gasteiger partial charge in [-0.2, -0.15) is 4.31 Å². The van der Waals surface area contributed by atoms with Gasteiger partial charge in [-0.05, 0) is 26.2 Å². The van der Waals surface area contributed by atoms with Gasteiger partial charge < -0.3 is 5.11 Å². The summed E-state index contributed by atoms with van der Waals surface area (Å²) in [4.78, 5) is 0. The number of aliphatic hydroxyl groups excluding tert-OH is 1. The molecule has 0 aromatic heterocycles. The van der Waals surface area contributed by atoms with Gasteiger partial charge in [-0.1, -0.05) is 13.8 Å². The zero-order valence-corrected chi connectivity index (χ0v) is 10.7. The van der Waals surface area contributed by atoms with Crippen LogP contribution in [-0.2, 0) is 10.0 Å². The fourth-order valence-corrected chi connectivity index (χ4v) is 4.30. The summed E-state index contributed by atoms with van der Waals surface area (Å²) in [7, 11) is -3.23. The van der Waals surface area contributed by atoms with E-state index in [9.17, 15) is 13.5 Å². The van der Waals surface area contributed by atoms with Gasteiger partial charge >= 0.3 is 0 Å². The molecular weight excluding hydrogens is 214 g/mol. The monoisotopic (exact) mass is 235 g/mol. The predicted molar refractivity (Wildman–Crippen MR) is 60.0 cm³/mol. The third kappa shape index (κ3) is 2.52. The summed E-state index contributed by atoms with van der Waals surface area (Å²) in [5.74, 6) is 0.270. The van der Waals surface area contributed by atoms with Crippen LogP contribution in [-0.4, -0.2) is 41.8 Å². The average Bonchev–Trinajstić information content (AvgIpc) is 2.24. The van der Waals surface area contributed by atoms with Crippen molar-refractivity contribution in [2.45, 2.75) is 45.8 Å². The van der Waals surface area contributed by atoms with Crippen LogP contribution < -0.4 is 0 Å². The Hall–Kier alpha value is -0.130. The van der Waals surface area contributed by atoms with Gasteiger partial charge in [-0.15, -0.1) is 0 Å². The van der Waals surface area contributed by atoms with Gasteiger partial charge in [0.2, 0.25) is 10.0 Å². The maximum Gasteiger partial charge on any atom is 0.214 e. The maximum atomic E-state index is 12.0. The van der Waals surface area contributed by atoms with Crippen LogP contribution in [0.3, 0.4) is 0 Å². The third-order valence-corrected chi connectivity index (χ3v) is 5.36. The van der Waals surface area contributed by atoms with E-state index in [2.05, 4.69) is 0 Å². The number of nitrogens with zero attached hydrogens (tertiary/aromatic N) is 1. The molecule has 90 valence electrons. The third-order valence-electron chi connectivity index (χ3n) is 2.94. The molecule has 1 saturated heterocycles. The molecule has 0 bridgehead atoms. The van der Waals surface area contributed by atoms with Crippen molar-refractivity contribution in [1.29, 1.82) is 0 Å². The summed E-state index contributed by atoms with van der Waals surface area (Å²) < 4.78 is 25.5. The molecule has 1 heterocycles. The van der Waals surface area contributed by atoms with Crippen molar-refractivity contribution in [3.05, 3.63) is 0 Å². The molecule has 0 spiro atoms. The van der Waals surface area contributed by atoms with E-state index in [4.69, 9.17) is 0 Å². The molecule has 0 saturated carbocycles. The Morgan fingerprint density at radius 1 is 1.47 bits per heavy atom. The molecule has 1 aliphatic heterocycles. The lowest BCUT2D eigenvalue weighted by Crippen LogP contribution is -2.49. The lowest BCUT2D eigenvalue weighted by atomic mass is 10.0. The van der Waals surface area contributed by atoms with Crippen LogP contribution in [0, 0.1) is 5.92 Å². The van der Waals surface area contributed by atoms with Crippen molar-refractivity contribution in [3.63, 3.8) is 0 Å². The summed E-state index contributed by atoms with van der Waals surface area (Å²) in [5.41, 5.74) is -0.659. The fraction of sp³-hybridized carbons (Fsp3) is 1.00. The molecule has 1 unspecified atom stereocenters. The number of aliphatic hydroxyl groups is 1. The highest BCUT2D eigenvalue weighted by Crippen LogP contribution is 2.32. The summed E-state index contributed by atoms with van der Waals surface area (Å²) in [6.45, 7) is 7.77. The van der Waals surface area contributed by atoms with Gasteiger partial charge in [-0.25, -0.2) is 8.42 Å². The van der Waals surface area contributed by atoms with E-state index in [1.165, 1.54) is 4.31 Å². The van der Waals surface area contributed by atoms with Crippen LogP contribution in [0.4, 0.5) is 0 Å². The van der Waals surface area contributed by atoms with Crippen LogP contribution in [0.15, 0.2) is 0 Å². The molecule has 1 rings (SSSR count). The van der Waals surface area contributed by atoms with Gasteiger partial charge in [0.05, 0.1) is 17.4 Å². The van der Waals surface area contributed by atoms with Crippen molar-refractivity contribution < 1.29 is 13.5 Å². The van der Waals surface area contributed by atoms with E-state index in [1.54, 1.807) is 13.8 Å². The van der Waals surface area contributed by atoms with Crippen molar-refractivity contribution >= 4 is 10.0 Å². The number of sulfonamides is 1. The summed E-state index contributed by atoms with van der Waals surface area (Å²) in [6.07, 6.45) is -0.0240. The van der Waals surface area contributed by atoms with Crippen LogP contribution >= 0.6 is 0 Å². The van der Waals surface area contributed by atoms with E-state index in [0.29, 0.717) is 13.0 Å². The Bertz CT molecular complexity index is 322. The number of rotatable bonds is 3. The largest absolute Gasteiger partial charge is 0.391 e. The second-order valence-corrected chi connectivity index (χ2v) is 7.14. The van der Waals surface area contributed by atoms with Crippen LogP contribution in [0.2, 0.25) is 0 Å². The lowest BCUT2D eigenvalue weighted by molar-refractivity contribution is 0.0900. The second kappa shape index (κ2) is 4.03. The van der Waals surface area contributed by atoms with Crippen molar-refractivity contribution in [2.24, 2.45) is 5.92 Å². The Morgan fingerprint density at radius 3 is 2.33 bits per heavy atom. The first-order chi connectivity index (χ1) is 6.68. The van der Waals surface area contributed by atoms with Crippen molar-refractivity contribution in [2.75, 3.05) is 12.3 Å². The summed E-state index contributed by atoms with van der Waals surface area (Å²) in [6, 6.07) is 0. The zero-order valence-electron chi connectivity index (χ0n) is 9.90. The van der Waals surface area contributed by atoms with Crippen LogP contribution in [0.1, 0.15) is 34.1 Å². The minimum absolute atomic E-state index is 0.114. The van der Waals surface area contributed by atoms with Crippen LogP contribution in [0.25, 0.3) is 0 Å². The van der Waals surface area contributed by atoms with E-state index < -0.39 is 21.7 Å². The van der Waals surface area contributed by atoms with Gasteiger partial charge in [0.15, 0.2) is 0 Å². The van der Waals surface area contributed by atoms with Crippen molar-refractivity contribution in [1.82, 2.24) is 4.31 Å². The zero-order chi connectivity index (χ0) is 11.9. The molecule has 0 amide bonds. The van der Waals surface area contributed by atoms with Gasteiger partial charge in [-0.3, -0.25) is 0 Å². The Morgan fingerprint density at radius 2 is 2.00 bits per heavy atom. The first-order valence-corrected chi connectivity index (χ1v) is 6.97. The molecule has 0 radical (unpaired) electrons. The lowest BCUT2D eigenvalue weighted by Gasteiger charge is -2.33. The Balaban J connectivity index is 2.90. The summed E-state index contributed by atoms with van der Waals surface area (Å²) in [5, 5.41) is 9.72. The molecular formula is C10H21NO3S. The highest BCUT2D eigenvalue weighted by Gasteiger charge is 2.46. The van der Waals surface area contributed by atoms with E-state index in [-0.39, 0.29) is 11.7 Å². The molecule has 0 aromatic carbocycles. The SMILES string of the molecule is CC(C)CS(=O)(=O)N1CCC(O)C1(C)C. The van der Waals surface area contributed by atoms with Gasteiger partial charge in [0, 0.05) is 6.54 Å². The highest BCUT2D eigenvalue weighted by atomic mass is 32.2. The molecule has 1 atom stereocenters. The quantitative estimate of drug-likeness (QED) is 0.788. The summed E-state index contributed by atoms with van der Waals surface area (Å²) >= 11 is 0. The Labute approximate surface area is 92.3 Å². The molecule has 15 heavy (non-hydrogen) atoms. The Kier molecular flexibility index (Phi) is 3.48. The second-order valence-electron chi connectivity index (χ2n) is 5.20. The first kappa shape index (κ1) is 12.9. The van der Waals surface area contributed by atoms with Gasteiger partial charge in [0.25, 0.3) is 0 Å². The van der Waals surface area contributed by atoms with Crippen molar-refractivity contribution in [3.8, 4) is 0 Å². The first-order valence-electron chi connectivity index (χ1n) is 5.36. The molecule has 1 N–H and O–H groups in total. The average molecular weight is 235 g/mol. The molecule has 0 aromatic rings.